The van der Waals surface area contributed by atoms with Crippen LogP contribution in [0, 0.1) is 23.7 Å². The van der Waals surface area contributed by atoms with Crippen LogP contribution in [0.4, 0.5) is 0 Å². The van der Waals surface area contributed by atoms with E-state index in [2.05, 4.69) is 34.6 Å². The van der Waals surface area contributed by atoms with Crippen LogP contribution < -0.4 is 9.47 Å². The Kier molecular flexibility index (Phi) is 15.2. The molecule has 47 heavy (non-hydrogen) atoms. The van der Waals surface area contributed by atoms with Crippen LogP contribution in [0.1, 0.15) is 113 Å². The lowest BCUT2D eigenvalue weighted by Crippen LogP contribution is -2.17. The zero-order valence-corrected chi connectivity index (χ0v) is 32.9. The fourth-order valence-electron chi connectivity index (χ4n) is 5.44. The SMILES string of the molecule is CCCCC(CC)COc1c2c(c3c4c1S/C(=C(\C(=O)OCC(C)C)CCC(CCCC)CO3)S4)S/C(=C(/C)C(=O)OCC(C)C)S2. The number of esters is 2. The second kappa shape index (κ2) is 18.6. The molecule has 3 aliphatic rings. The quantitative estimate of drug-likeness (QED) is 0.122. The van der Waals surface area contributed by atoms with Gasteiger partial charge in [-0.3, -0.25) is 0 Å². The first-order valence-electron chi connectivity index (χ1n) is 17.6. The molecule has 0 N–H and O–H groups in total. The smallest absolute Gasteiger partial charge is 0.335 e. The molecule has 6 nitrogen and oxygen atoms in total. The normalized spacial score (nSPS) is 20.6. The minimum atomic E-state index is -0.280. The van der Waals surface area contributed by atoms with Gasteiger partial charge < -0.3 is 18.9 Å². The number of hydrogen-bond donors (Lipinski definition) is 0. The molecule has 0 saturated heterocycles. The Bertz CT molecular complexity index is 1330. The summed E-state index contributed by atoms with van der Waals surface area (Å²) >= 11 is 6.42. The molecule has 3 aliphatic heterocycles. The van der Waals surface area contributed by atoms with E-state index >= 15 is 0 Å². The van der Waals surface area contributed by atoms with E-state index in [1.807, 2.05) is 20.8 Å². The third-order valence-electron chi connectivity index (χ3n) is 8.46. The summed E-state index contributed by atoms with van der Waals surface area (Å²) in [5.41, 5.74) is 1.39. The maximum Gasteiger partial charge on any atom is 0.335 e. The van der Waals surface area contributed by atoms with Crippen molar-refractivity contribution in [3.63, 3.8) is 0 Å². The lowest BCUT2D eigenvalue weighted by atomic mass is 9.95. The molecule has 10 heteroatoms. The number of benzene rings is 1. The molecule has 262 valence electrons. The van der Waals surface area contributed by atoms with Crippen molar-refractivity contribution in [1.82, 2.24) is 0 Å². The van der Waals surface area contributed by atoms with Gasteiger partial charge in [0.05, 0.1) is 65.6 Å². The van der Waals surface area contributed by atoms with Crippen molar-refractivity contribution in [2.45, 2.75) is 133 Å². The Balaban J connectivity index is 1.81. The monoisotopic (exact) mass is 722 g/mol. The molecule has 0 aromatic heterocycles. The van der Waals surface area contributed by atoms with Crippen LogP contribution >= 0.6 is 47.0 Å². The Morgan fingerprint density at radius 2 is 1.49 bits per heavy atom. The highest BCUT2D eigenvalue weighted by molar-refractivity contribution is 8.26. The van der Waals surface area contributed by atoms with E-state index in [1.54, 1.807) is 47.0 Å². The summed E-state index contributed by atoms with van der Waals surface area (Å²) in [6.07, 6.45) is 9.36. The predicted octanol–water partition coefficient (Wildman–Crippen LogP) is 11.5. The van der Waals surface area contributed by atoms with Crippen LogP contribution in [-0.4, -0.2) is 38.4 Å². The first-order valence-corrected chi connectivity index (χ1v) is 20.8. The van der Waals surface area contributed by atoms with Gasteiger partial charge in [0.1, 0.15) is 11.5 Å². The van der Waals surface area contributed by atoms with E-state index in [1.165, 1.54) is 6.42 Å². The lowest BCUT2D eigenvalue weighted by molar-refractivity contribution is -0.141. The fourth-order valence-corrected chi connectivity index (χ4v) is 11.0. The topological polar surface area (TPSA) is 71.1 Å². The number of carbonyl (C=O) groups is 2. The third-order valence-corrected chi connectivity index (χ3v) is 13.9. The van der Waals surface area contributed by atoms with Crippen LogP contribution in [0.25, 0.3) is 0 Å². The van der Waals surface area contributed by atoms with Gasteiger partial charge in [-0.05, 0) is 56.3 Å². The summed E-state index contributed by atoms with van der Waals surface area (Å²) in [5, 5.41) is 0. The first kappa shape index (κ1) is 38.4. The number of ether oxygens (including phenoxy) is 4. The Morgan fingerprint density at radius 3 is 2.17 bits per heavy atom. The summed E-state index contributed by atoms with van der Waals surface area (Å²) in [7, 11) is 0. The summed E-state index contributed by atoms with van der Waals surface area (Å²) in [6, 6.07) is 0. The zero-order valence-electron chi connectivity index (χ0n) is 29.6. The summed E-state index contributed by atoms with van der Waals surface area (Å²) < 4.78 is 27.0. The zero-order chi connectivity index (χ0) is 34.1. The second-order valence-corrected chi connectivity index (χ2v) is 18.2. The van der Waals surface area contributed by atoms with Gasteiger partial charge >= 0.3 is 11.9 Å². The molecule has 1 aromatic carbocycles. The molecule has 4 rings (SSSR count). The summed E-state index contributed by atoms with van der Waals surface area (Å²) in [6.45, 7) is 18.8. The van der Waals surface area contributed by atoms with E-state index in [9.17, 15) is 9.59 Å². The molecule has 0 spiro atoms. The van der Waals surface area contributed by atoms with Crippen LogP contribution in [0.3, 0.4) is 0 Å². The third kappa shape index (κ3) is 10.1. The Hall–Kier alpha value is -1.36. The molecule has 2 bridgehead atoms. The van der Waals surface area contributed by atoms with Gasteiger partial charge in [0.15, 0.2) is 0 Å². The van der Waals surface area contributed by atoms with Gasteiger partial charge in [0.2, 0.25) is 0 Å². The van der Waals surface area contributed by atoms with E-state index < -0.39 is 0 Å². The number of thioether (sulfide) groups is 4. The summed E-state index contributed by atoms with van der Waals surface area (Å²) in [5.74, 6) is 2.52. The largest absolute Gasteiger partial charge is 0.491 e. The van der Waals surface area contributed by atoms with Crippen molar-refractivity contribution in [3.05, 3.63) is 19.6 Å². The highest BCUT2D eigenvalue weighted by atomic mass is 32.2. The molecule has 0 aliphatic carbocycles. The standard InChI is InChI=1S/C37H54O6S4/c1-9-12-14-25(11-3)20-40-28-30-31(45-36(44-30)24(8)34(38)42-18-22(4)5)29-33-32(28)46-37(47-33)27(35(39)43-19-23(6)7)17-16-26(21-41-29)15-13-10-2/h22-23,25-26H,9-21H2,1-8H3/b36-24-,37-27+. The molecule has 2 unspecified atom stereocenters. The van der Waals surface area contributed by atoms with Crippen molar-refractivity contribution >= 4 is 59.0 Å². The van der Waals surface area contributed by atoms with Gasteiger partial charge in [-0.25, -0.2) is 9.59 Å². The fraction of sp³-hybridized carbons (Fsp3) is 0.676. The van der Waals surface area contributed by atoms with Crippen molar-refractivity contribution < 1.29 is 28.5 Å². The molecule has 0 saturated carbocycles. The van der Waals surface area contributed by atoms with Gasteiger partial charge in [-0.2, -0.15) is 0 Å². The maximum atomic E-state index is 13.6. The number of carbonyl (C=O) groups excluding carboxylic acids is 2. The first-order chi connectivity index (χ1) is 22.6. The predicted molar refractivity (Wildman–Crippen MR) is 198 cm³/mol. The molecule has 0 radical (unpaired) electrons. The molecular formula is C37H54O6S4. The van der Waals surface area contributed by atoms with E-state index in [0.717, 1.165) is 90.1 Å². The van der Waals surface area contributed by atoms with Crippen molar-refractivity contribution in [3.8, 4) is 11.5 Å². The number of fused-ring (bicyclic) bond motifs is 3. The van der Waals surface area contributed by atoms with Gasteiger partial charge in [-0.15, -0.1) is 0 Å². The van der Waals surface area contributed by atoms with Crippen molar-refractivity contribution in [2.24, 2.45) is 23.7 Å². The minimum absolute atomic E-state index is 0.205. The molecule has 0 fully saturated rings. The van der Waals surface area contributed by atoms with Gasteiger partial charge in [0, 0.05) is 0 Å². The van der Waals surface area contributed by atoms with Crippen LogP contribution in [0.5, 0.6) is 11.5 Å². The lowest BCUT2D eigenvalue weighted by Gasteiger charge is -2.23. The Labute approximate surface area is 300 Å². The molecule has 2 atom stereocenters. The van der Waals surface area contributed by atoms with E-state index in [-0.39, 0.29) is 23.8 Å². The average Bonchev–Trinajstić information content (AvgIpc) is 3.68. The number of rotatable bonds is 16. The summed E-state index contributed by atoms with van der Waals surface area (Å²) in [4.78, 5) is 30.7. The van der Waals surface area contributed by atoms with Gasteiger partial charge in [0.25, 0.3) is 0 Å². The second-order valence-electron chi connectivity index (χ2n) is 13.6. The van der Waals surface area contributed by atoms with Crippen molar-refractivity contribution in [2.75, 3.05) is 26.4 Å². The Morgan fingerprint density at radius 1 is 0.851 bits per heavy atom. The molecule has 0 amide bonds. The highest BCUT2D eigenvalue weighted by Crippen LogP contribution is 2.68. The highest BCUT2D eigenvalue weighted by Gasteiger charge is 2.40. The van der Waals surface area contributed by atoms with Crippen LogP contribution in [0.2, 0.25) is 0 Å². The van der Waals surface area contributed by atoms with Crippen LogP contribution in [0.15, 0.2) is 39.2 Å². The van der Waals surface area contributed by atoms with Gasteiger partial charge in [-0.1, -0.05) is 128 Å². The van der Waals surface area contributed by atoms with E-state index in [0.29, 0.717) is 50.3 Å². The molecule has 3 heterocycles. The number of unbranched alkanes of at least 4 members (excludes halogenated alkanes) is 2. The maximum absolute atomic E-state index is 13.6. The molecular weight excluding hydrogens is 669 g/mol. The molecule has 1 aromatic rings. The van der Waals surface area contributed by atoms with Crippen LogP contribution in [-0.2, 0) is 19.1 Å². The number of hydrogen-bond acceptors (Lipinski definition) is 10. The average molecular weight is 723 g/mol. The minimum Gasteiger partial charge on any atom is -0.491 e. The van der Waals surface area contributed by atoms with E-state index in [4.69, 9.17) is 18.9 Å². The van der Waals surface area contributed by atoms with Crippen molar-refractivity contribution in [1.29, 1.82) is 0 Å².